The third kappa shape index (κ3) is 3.41. The fourth-order valence-electron chi connectivity index (χ4n) is 2.64. The van der Waals surface area contributed by atoms with Gasteiger partial charge in [-0.1, -0.05) is 24.3 Å². The van der Waals surface area contributed by atoms with E-state index >= 15 is 0 Å². The van der Waals surface area contributed by atoms with Crippen molar-refractivity contribution in [2.24, 2.45) is 0 Å². The van der Waals surface area contributed by atoms with E-state index in [9.17, 15) is 18.0 Å². The molecule has 0 saturated carbocycles. The molecule has 0 radical (unpaired) electrons. The van der Waals surface area contributed by atoms with E-state index in [-0.39, 0.29) is 17.0 Å². The van der Waals surface area contributed by atoms with Crippen LogP contribution in [0, 0.1) is 0 Å². The number of fused-ring (bicyclic) bond motifs is 1. The highest BCUT2D eigenvalue weighted by atomic mass is 32.2. The highest BCUT2D eigenvalue weighted by molar-refractivity contribution is 7.90. The maximum atomic E-state index is 12.4. The number of nitrogens with zero attached hydrogens (tertiary/aromatic N) is 1. The zero-order chi connectivity index (χ0) is 18.7. The first kappa shape index (κ1) is 17.9. The van der Waals surface area contributed by atoms with Crippen LogP contribution in [-0.2, 0) is 21.4 Å². The SMILES string of the molecule is CCOc1ccc(CNC(=O)CN2C(=O)c3ccccc3S2(=O)=O)cc1. The van der Waals surface area contributed by atoms with E-state index in [2.05, 4.69) is 5.32 Å². The molecule has 1 N–H and O–H groups in total. The van der Waals surface area contributed by atoms with Gasteiger partial charge in [0.25, 0.3) is 15.9 Å². The third-order valence-electron chi connectivity index (χ3n) is 3.92. The lowest BCUT2D eigenvalue weighted by molar-refractivity contribution is -0.121. The highest BCUT2D eigenvalue weighted by Crippen LogP contribution is 2.29. The van der Waals surface area contributed by atoms with E-state index in [1.54, 1.807) is 36.4 Å². The Morgan fingerprint density at radius 3 is 2.46 bits per heavy atom. The number of rotatable bonds is 6. The van der Waals surface area contributed by atoms with Gasteiger partial charge in [0.15, 0.2) is 0 Å². The standard InChI is InChI=1S/C18H18N2O5S/c1-2-25-14-9-7-13(8-10-14)11-19-17(21)12-20-18(22)15-5-3-4-6-16(15)26(20,23)24/h3-10H,2,11-12H2,1H3,(H,19,21). The van der Waals surface area contributed by atoms with Gasteiger partial charge in [0.05, 0.1) is 12.2 Å². The first-order valence-corrected chi connectivity index (χ1v) is 9.52. The quantitative estimate of drug-likeness (QED) is 0.828. The molecule has 1 aliphatic rings. The molecule has 0 aromatic heterocycles. The van der Waals surface area contributed by atoms with Crippen molar-refractivity contribution in [3.05, 3.63) is 59.7 Å². The minimum atomic E-state index is -3.98. The van der Waals surface area contributed by atoms with Gasteiger partial charge in [-0.15, -0.1) is 0 Å². The summed E-state index contributed by atoms with van der Waals surface area (Å²) in [5, 5.41) is 2.62. The minimum absolute atomic E-state index is 0.0655. The van der Waals surface area contributed by atoms with Crippen LogP contribution in [0.1, 0.15) is 22.8 Å². The Morgan fingerprint density at radius 2 is 1.81 bits per heavy atom. The normalized spacial score (nSPS) is 14.8. The van der Waals surface area contributed by atoms with Crippen LogP contribution in [0.2, 0.25) is 0 Å². The maximum absolute atomic E-state index is 12.4. The molecule has 0 bridgehead atoms. The second-order valence-corrected chi connectivity index (χ2v) is 7.50. The molecule has 3 rings (SSSR count). The summed E-state index contributed by atoms with van der Waals surface area (Å²) in [7, 11) is -3.98. The molecule has 2 aromatic carbocycles. The Labute approximate surface area is 151 Å². The second-order valence-electron chi connectivity index (χ2n) is 5.67. The van der Waals surface area contributed by atoms with E-state index in [1.165, 1.54) is 12.1 Å². The molecule has 0 atom stereocenters. The number of benzene rings is 2. The molecular formula is C18H18N2O5S. The van der Waals surface area contributed by atoms with Gasteiger partial charge in [0.2, 0.25) is 5.91 Å². The molecule has 0 aliphatic carbocycles. The van der Waals surface area contributed by atoms with Crippen molar-refractivity contribution in [2.45, 2.75) is 18.4 Å². The molecule has 2 amide bonds. The smallest absolute Gasteiger partial charge is 0.269 e. The molecule has 1 heterocycles. The summed E-state index contributed by atoms with van der Waals surface area (Å²) in [4.78, 5) is 24.3. The Hall–Kier alpha value is -2.87. The van der Waals surface area contributed by atoms with Crippen molar-refractivity contribution >= 4 is 21.8 Å². The average Bonchev–Trinajstić information content (AvgIpc) is 2.83. The molecule has 0 spiro atoms. The zero-order valence-electron chi connectivity index (χ0n) is 14.1. The van der Waals surface area contributed by atoms with Crippen molar-refractivity contribution in [3.63, 3.8) is 0 Å². The number of carbonyl (C=O) groups excluding carboxylic acids is 2. The van der Waals surface area contributed by atoms with Crippen LogP contribution in [0.4, 0.5) is 0 Å². The first-order chi connectivity index (χ1) is 12.4. The predicted molar refractivity (Wildman–Crippen MR) is 94.1 cm³/mol. The highest BCUT2D eigenvalue weighted by Gasteiger charge is 2.41. The molecule has 26 heavy (non-hydrogen) atoms. The average molecular weight is 374 g/mol. The summed E-state index contributed by atoms with van der Waals surface area (Å²) >= 11 is 0. The maximum Gasteiger partial charge on any atom is 0.269 e. The van der Waals surface area contributed by atoms with Crippen LogP contribution in [-0.4, -0.2) is 37.7 Å². The van der Waals surface area contributed by atoms with Crippen molar-refractivity contribution in [2.75, 3.05) is 13.2 Å². The molecular weight excluding hydrogens is 356 g/mol. The Balaban J connectivity index is 1.63. The summed E-state index contributed by atoms with van der Waals surface area (Å²) in [6.45, 7) is 2.13. The lowest BCUT2D eigenvalue weighted by Gasteiger charge is -2.15. The Kier molecular flexibility index (Phi) is 4.94. The van der Waals surface area contributed by atoms with Crippen LogP contribution in [0.5, 0.6) is 5.75 Å². The topological polar surface area (TPSA) is 92.8 Å². The minimum Gasteiger partial charge on any atom is -0.494 e. The number of ether oxygens (including phenoxy) is 1. The third-order valence-corrected chi connectivity index (χ3v) is 5.71. The van der Waals surface area contributed by atoms with Gasteiger partial charge in [-0.2, -0.15) is 0 Å². The fraction of sp³-hybridized carbons (Fsp3) is 0.222. The molecule has 1 aliphatic heterocycles. The van der Waals surface area contributed by atoms with Gasteiger partial charge in [-0.3, -0.25) is 9.59 Å². The van der Waals surface area contributed by atoms with Crippen molar-refractivity contribution < 1.29 is 22.7 Å². The van der Waals surface area contributed by atoms with Crippen molar-refractivity contribution in [3.8, 4) is 5.75 Å². The summed E-state index contributed by atoms with van der Waals surface area (Å²) in [6.07, 6.45) is 0. The Morgan fingerprint density at radius 1 is 1.12 bits per heavy atom. The summed E-state index contributed by atoms with van der Waals surface area (Å²) in [5.74, 6) is -0.505. The summed E-state index contributed by atoms with van der Waals surface area (Å²) in [5.41, 5.74) is 0.924. The molecule has 0 saturated heterocycles. The van der Waals surface area contributed by atoms with Crippen LogP contribution < -0.4 is 10.1 Å². The van der Waals surface area contributed by atoms with Gasteiger partial charge < -0.3 is 10.1 Å². The van der Waals surface area contributed by atoms with Gasteiger partial charge in [-0.05, 0) is 36.8 Å². The van der Waals surface area contributed by atoms with Gasteiger partial charge in [-0.25, -0.2) is 12.7 Å². The van der Waals surface area contributed by atoms with Gasteiger partial charge in [0.1, 0.15) is 17.2 Å². The lowest BCUT2D eigenvalue weighted by atomic mass is 10.2. The Bertz CT molecular complexity index is 938. The lowest BCUT2D eigenvalue weighted by Crippen LogP contribution is -2.40. The second kappa shape index (κ2) is 7.17. The van der Waals surface area contributed by atoms with Crippen LogP contribution in [0.15, 0.2) is 53.4 Å². The number of amides is 2. The number of nitrogens with one attached hydrogen (secondary N) is 1. The van der Waals surface area contributed by atoms with E-state index < -0.39 is 28.4 Å². The number of carbonyl (C=O) groups is 2. The fourth-order valence-corrected chi connectivity index (χ4v) is 4.17. The number of sulfonamides is 1. The van der Waals surface area contributed by atoms with Crippen LogP contribution in [0.25, 0.3) is 0 Å². The van der Waals surface area contributed by atoms with E-state index in [4.69, 9.17) is 4.74 Å². The van der Waals surface area contributed by atoms with Crippen LogP contribution in [0.3, 0.4) is 0 Å². The molecule has 0 unspecified atom stereocenters. The van der Waals surface area contributed by atoms with Gasteiger partial charge in [0, 0.05) is 6.54 Å². The first-order valence-electron chi connectivity index (χ1n) is 8.08. The summed E-state index contributed by atoms with van der Waals surface area (Å²) in [6, 6.07) is 13.1. The molecule has 0 fully saturated rings. The number of hydrogen-bond acceptors (Lipinski definition) is 5. The monoisotopic (exact) mass is 374 g/mol. The predicted octanol–water partition coefficient (Wildman–Crippen LogP) is 1.55. The van der Waals surface area contributed by atoms with E-state index in [0.717, 1.165) is 11.3 Å². The van der Waals surface area contributed by atoms with Crippen molar-refractivity contribution in [1.82, 2.24) is 9.62 Å². The van der Waals surface area contributed by atoms with Gasteiger partial charge >= 0.3 is 0 Å². The molecule has 2 aromatic rings. The zero-order valence-corrected chi connectivity index (χ0v) is 15.0. The molecule has 136 valence electrons. The molecule has 7 nitrogen and oxygen atoms in total. The van der Waals surface area contributed by atoms with Crippen molar-refractivity contribution in [1.29, 1.82) is 0 Å². The number of hydrogen-bond donors (Lipinski definition) is 1. The van der Waals surface area contributed by atoms with E-state index in [1.807, 2.05) is 6.92 Å². The summed E-state index contributed by atoms with van der Waals surface area (Å²) < 4.78 is 30.8. The molecule has 8 heteroatoms. The largest absolute Gasteiger partial charge is 0.494 e. The van der Waals surface area contributed by atoms with Crippen LogP contribution >= 0.6 is 0 Å². The van der Waals surface area contributed by atoms with E-state index in [0.29, 0.717) is 10.9 Å².